The number of imide groups is 1. The first kappa shape index (κ1) is 19.7. The summed E-state index contributed by atoms with van der Waals surface area (Å²) in [6.45, 7) is 0.175. The highest BCUT2D eigenvalue weighted by atomic mass is 16.2. The van der Waals surface area contributed by atoms with Crippen molar-refractivity contribution in [1.29, 1.82) is 0 Å². The molecule has 2 atom stereocenters. The highest BCUT2D eigenvalue weighted by Crippen LogP contribution is 1.98. The summed E-state index contributed by atoms with van der Waals surface area (Å²) in [6.07, 6.45) is 5.22. The minimum absolute atomic E-state index is 0.262. The van der Waals surface area contributed by atoms with Gasteiger partial charge in [0.05, 0.1) is 25.0 Å². The second-order valence-electron chi connectivity index (χ2n) is 5.41. The summed E-state index contributed by atoms with van der Waals surface area (Å²) >= 11 is 0. The van der Waals surface area contributed by atoms with E-state index in [0.29, 0.717) is 25.1 Å². The number of carbonyl (C=O) groups is 3. The zero-order valence-corrected chi connectivity index (χ0v) is 13.5. The number of nitrogens with zero attached hydrogens (tertiary/aromatic N) is 1. The van der Waals surface area contributed by atoms with Crippen LogP contribution in [0, 0.1) is 0 Å². The molecule has 0 aliphatic carbocycles. The lowest BCUT2D eigenvalue weighted by atomic mass is 10.1. The Morgan fingerprint density at radius 2 is 1.92 bits per heavy atom. The second-order valence-corrected chi connectivity index (χ2v) is 5.41. The van der Waals surface area contributed by atoms with E-state index in [9.17, 15) is 14.4 Å². The third kappa shape index (κ3) is 7.31. The van der Waals surface area contributed by atoms with Crippen LogP contribution in [-0.2, 0) is 20.8 Å². The van der Waals surface area contributed by atoms with Gasteiger partial charge < -0.3 is 27.5 Å². The van der Waals surface area contributed by atoms with Crippen LogP contribution in [0.2, 0.25) is 0 Å². The molecule has 1 heterocycles. The van der Waals surface area contributed by atoms with E-state index in [1.807, 2.05) is 0 Å². The van der Waals surface area contributed by atoms with Crippen LogP contribution in [-0.4, -0.2) is 52.9 Å². The summed E-state index contributed by atoms with van der Waals surface area (Å²) in [4.78, 5) is 41.8. The molecule has 3 amide bonds. The van der Waals surface area contributed by atoms with E-state index in [1.165, 1.54) is 6.33 Å². The fraction of sp³-hybridized carbons (Fsp3) is 0.571. The molecular formula is C14H25N7O3. The normalized spacial score (nSPS) is 13.1. The minimum Gasteiger partial charge on any atom is -0.348 e. The first-order chi connectivity index (χ1) is 11.4. The number of aromatic amines is 1. The van der Waals surface area contributed by atoms with Crippen LogP contribution in [0.15, 0.2) is 12.5 Å². The first-order valence-electron chi connectivity index (χ1n) is 7.74. The molecule has 0 radical (unpaired) electrons. The minimum atomic E-state index is -0.826. The van der Waals surface area contributed by atoms with Crippen LogP contribution in [0.4, 0.5) is 0 Å². The Labute approximate surface area is 139 Å². The maximum absolute atomic E-state index is 11.8. The highest BCUT2D eigenvalue weighted by molar-refractivity contribution is 5.99. The fourth-order valence-electron chi connectivity index (χ4n) is 1.94. The maximum atomic E-state index is 11.8. The van der Waals surface area contributed by atoms with Crippen molar-refractivity contribution in [3.8, 4) is 0 Å². The predicted molar refractivity (Wildman–Crippen MR) is 87.3 cm³/mol. The Kier molecular flexibility index (Phi) is 8.61. The van der Waals surface area contributed by atoms with Gasteiger partial charge in [-0.05, 0) is 19.4 Å². The number of unbranched alkanes of at least 4 members (excludes halogenated alkanes) is 1. The Balaban J connectivity index is 2.26. The van der Waals surface area contributed by atoms with Gasteiger partial charge in [0.1, 0.15) is 0 Å². The zero-order chi connectivity index (χ0) is 17.9. The Bertz CT molecular complexity index is 532. The molecule has 1 aromatic heterocycles. The molecular weight excluding hydrogens is 314 g/mol. The van der Waals surface area contributed by atoms with Crippen molar-refractivity contribution < 1.29 is 14.4 Å². The number of hydrogen-bond donors (Lipinski definition) is 6. The van der Waals surface area contributed by atoms with Gasteiger partial charge >= 0.3 is 0 Å². The van der Waals surface area contributed by atoms with Crippen molar-refractivity contribution in [3.63, 3.8) is 0 Å². The van der Waals surface area contributed by atoms with Gasteiger partial charge in [-0.15, -0.1) is 0 Å². The van der Waals surface area contributed by atoms with E-state index in [0.717, 1.165) is 6.42 Å². The number of nitrogens with one attached hydrogen (secondary N) is 3. The van der Waals surface area contributed by atoms with Gasteiger partial charge in [0.25, 0.3) is 0 Å². The van der Waals surface area contributed by atoms with Gasteiger partial charge in [0.2, 0.25) is 17.7 Å². The van der Waals surface area contributed by atoms with Crippen LogP contribution < -0.4 is 27.8 Å². The number of amides is 3. The SMILES string of the molecule is NCCCC[C@H](N)C(=O)NC(=O)CNC(=O)[C@@H](N)Cc1cnc[nH]1. The molecule has 0 unspecified atom stereocenters. The van der Waals surface area contributed by atoms with Crippen molar-refractivity contribution in [3.05, 3.63) is 18.2 Å². The predicted octanol–water partition coefficient (Wildman–Crippen LogP) is -2.51. The van der Waals surface area contributed by atoms with Crippen molar-refractivity contribution in [2.75, 3.05) is 13.1 Å². The van der Waals surface area contributed by atoms with Gasteiger partial charge in [0, 0.05) is 18.3 Å². The molecule has 0 aromatic carbocycles. The summed E-state index contributed by atoms with van der Waals surface area (Å²) in [6, 6.07) is -1.61. The van der Waals surface area contributed by atoms with Crippen molar-refractivity contribution >= 4 is 17.7 Å². The van der Waals surface area contributed by atoms with E-state index in [4.69, 9.17) is 17.2 Å². The average Bonchev–Trinajstić information content (AvgIpc) is 3.05. The summed E-state index contributed by atoms with van der Waals surface area (Å²) in [7, 11) is 0. The Morgan fingerprint density at radius 1 is 1.17 bits per heavy atom. The lowest BCUT2D eigenvalue weighted by molar-refractivity contribution is -0.132. The Morgan fingerprint density at radius 3 is 2.54 bits per heavy atom. The number of hydrogen-bond acceptors (Lipinski definition) is 7. The van der Waals surface area contributed by atoms with E-state index in [-0.39, 0.29) is 13.0 Å². The number of nitrogens with two attached hydrogens (primary N) is 3. The molecule has 1 aromatic rings. The lowest BCUT2D eigenvalue weighted by Crippen LogP contribution is -2.49. The molecule has 9 N–H and O–H groups in total. The van der Waals surface area contributed by atoms with Crippen molar-refractivity contribution in [1.82, 2.24) is 20.6 Å². The van der Waals surface area contributed by atoms with E-state index >= 15 is 0 Å². The molecule has 24 heavy (non-hydrogen) atoms. The quantitative estimate of drug-likeness (QED) is 0.254. The third-order valence-electron chi connectivity index (χ3n) is 3.32. The molecule has 134 valence electrons. The van der Waals surface area contributed by atoms with E-state index in [1.54, 1.807) is 6.20 Å². The average molecular weight is 339 g/mol. The van der Waals surface area contributed by atoms with Crippen LogP contribution in [0.1, 0.15) is 25.0 Å². The van der Waals surface area contributed by atoms with Gasteiger partial charge in [-0.2, -0.15) is 0 Å². The maximum Gasteiger partial charge on any atom is 0.245 e. The van der Waals surface area contributed by atoms with Crippen molar-refractivity contribution in [2.24, 2.45) is 17.2 Å². The zero-order valence-electron chi connectivity index (χ0n) is 13.5. The first-order valence-corrected chi connectivity index (χ1v) is 7.74. The van der Waals surface area contributed by atoms with Gasteiger partial charge in [-0.25, -0.2) is 4.98 Å². The van der Waals surface area contributed by atoms with Gasteiger partial charge in [0.15, 0.2) is 0 Å². The lowest BCUT2D eigenvalue weighted by Gasteiger charge is -2.13. The summed E-state index contributed by atoms with van der Waals surface area (Å²) in [5, 5.41) is 4.51. The molecule has 0 aliphatic rings. The molecule has 10 nitrogen and oxygen atoms in total. The molecule has 0 saturated heterocycles. The molecule has 0 bridgehead atoms. The van der Waals surface area contributed by atoms with Crippen LogP contribution >= 0.6 is 0 Å². The smallest absolute Gasteiger partial charge is 0.245 e. The monoisotopic (exact) mass is 339 g/mol. The number of aromatic nitrogens is 2. The molecule has 10 heteroatoms. The number of carbonyl (C=O) groups excluding carboxylic acids is 3. The fourth-order valence-corrected chi connectivity index (χ4v) is 1.94. The summed E-state index contributed by atoms with van der Waals surface area (Å²) in [5.41, 5.74) is 17.5. The third-order valence-corrected chi connectivity index (χ3v) is 3.32. The van der Waals surface area contributed by atoms with Gasteiger partial charge in [-0.3, -0.25) is 19.7 Å². The largest absolute Gasteiger partial charge is 0.348 e. The molecule has 0 aliphatic heterocycles. The summed E-state index contributed by atoms with van der Waals surface area (Å²) in [5.74, 6) is -1.72. The second kappa shape index (κ2) is 10.5. The molecule has 0 saturated carbocycles. The molecule has 0 spiro atoms. The van der Waals surface area contributed by atoms with Crippen molar-refractivity contribution in [2.45, 2.75) is 37.8 Å². The number of H-pyrrole nitrogens is 1. The number of imidazole rings is 1. The highest BCUT2D eigenvalue weighted by Gasteiger charge is 2.18. The molecule has 0 fully saturated rings. The van der Waals surface area contributed by atoms with Gasteiger partial charge in [-0.1, -0.05) is 6.42 Å². The van der Waals surface area contributed by atoms with Crippen LogP contribution in [0.25, 0.3) is 0 Å². The van der Waals surface area contributed by atoms with E-state index in [2.05, 4.69) is 20.6 Å². The summed E-state index contributed by atoms with van der Waals surface area (Å²) < 4.78 is 0. The van der Waals surface area contributed by atoms with Crippen LogP contribution in [0.3, 0.4) is 0 Å². The molecule has 1 rings (SSSR count). The van der Waals surface area contributed by atoms with Crippen LogP contribution in [0.5, 0.6) is 0 Å². The standard InChI is InChI=1S/C14H25N7O3/c15-4-2-1-3-10(16)14(24)21-12(22)7-19-13(23)11(17)5-9-6-18-8-20-9/h6,8,10-11H,1-5,7,15-17H2,(H,18,20)(H,19,23)(H,21,22,24)/t10-,11-/m0/s1. The number of rotatable bonds is 10. The Hall–Kier alpha value is -2.30. The topological polar surface area (TPSA) is 182 Å². The van der Waals surface area contributed by atoms with E-state index < -0.39 is 29.8 Å².